The number of nitrogens with one attached hydrogen (secondary N) is 1. The molecule has 56 valence electrons. The van der Waals surface area contributed by atoms with Crippen LogP contribution in [-0.2, 0) is 0 Å². The van der Waals surface area contributed by atoms with Crippen molar-refractivity contribution < 1.29 is 0 Å². The second-order valence-corrected chi connectivity index (χ2v) is 2.96. The molecule has 2 aromatic heterocycles. The number of anilines is 1. The Hall–Kier alpha value is -1.36. The third kappa shape index (κ3) is 0.813. The molecule has 0 aliphatic heterocycles. The van der Waals surface area contributed by atoms with E-state index in [2.05, 4.69) is 9.97 Å². The smallest absolute Gasteiger partial charge is 0.261 e. The van der Waals surface area contributed by atoms with Crippen LogP contribution in [0.25, 0.3) is 10.2 Å². The van der Waals surface area contributed by atoms with Crippen LogP contribution < -0.4 is 11.3 Å². The summed E-state index contributed by atoms with van der Waals surface area (Å²) in [6, 6.07) is 0. The van der Waals surface area contributed by atoms with Gasteiger partial charge in [0.05, 0.1) is 17.4 Å². The highest BCUT2D eigenvalue weighted by Gasteiger charge is 2.04. The van der Waals surface area contributed by atoms with Gasteiger partial charge in [0.1, 0.15) is 4.83 Å². The predicted octanol–water partition coefficient (Wildman–Crippen LogP) is 0.567. The summed E-state index contributed by atoms with van der Waals surface area (Å²) in [5.74, 6) is 0. The van der Waals surface area contributed by atoms with Gasteiger partial charge in [0.15, 0.2) is 0 Å². The van der Waals surface area contributed by atoms with Crippen LogP contribution in [0.3, 0.4) is 0 Å². The van der Waals surface area contributed by atoms with Crippen molar-refractivity contribution in [2.45, 2.75) is 0 Å². The molecule has 0 saturated heterocycles. The maximum Gasteiger partial charge on any atom is 0.261 e. The quantitative estimate of drug-likeness (QED) is 0.602. The van der Waals surface area contributed by atoms with E-state index in [0.717, 1.165) is 0 Å². The van der Waals surface area contributed by atoms with Gasteiger partial charge in [-0.25, -0.2) is 4.98 Å². The summed E-state index contributed by atoms with van der Waals surface area (Å²) < 4.78 is 0. The number of nitrogen functional groups attached to an aromatic ring is 1. The fraction of sp³-hybridized carbons (Fsp3) is 0. The van der Waals surface area contributed by atoms with Crippen molar-refractivity contribution in [3.05, 3.63) is 22.1 Å². The monoisotopic (exact) mass is 167 g/mol. The van der Waals surface area contributed by atoms with Gasteiger partial charge in [0.25, 0.3) is 5.56 Å². The summed E-state index contributed by atoms with van der Waals surface area (Å²) in [6.45, 7) is 0. The molecule has 2 heterocycles. The number of hydrogen-bond acceptors (Lipinski definition) is 4. The molecule has 4 nitrogen and oxygen atoms in total. The molecule has 0 amide bonds. The molecule has 3 N–H and O–H groups in total. The minimum atomic E-state index is -0.172. The lowest BCUT2D eigenvalue weighted by molar-refractivity contribution is 1.18. The average molecular weight is 167 g/mol. The molecule has 2 aromatic rings. The predicted molar refractivity (Wildman–Crippen MR) is 44.7 cm³/mol. The van der Waals surface area contributed by atoms with Crippen LogP contribution in [0, 0.1) is 0 Å². The lowest BCUT2D eigenvalue weighted by Gasteiger charge is -1.86. The highest BCUT2D eigenvalue weighted by Crippen LogP contribution is 2.21. The van der Waals surface area contributed by atoms with Crippen molar-refractivity contribution in [1.82, 2.24) is 9.97 Å². The molecule has 0 radical (unpaired) electrons. The Morgan fingerprint density at radius 3 is 3.18 bits per heavy atom. The molecule has 0 spiro atoms. The van der Waals surface area contributed by atoms with Gasteiger partial charge in [-0.2, -0.15) is 0 Å². The molecule has 11 heavy (non-hydrogen) atoms. The molecule has 0 fully saturated rings. The lowest BCUT2D eigenvalue weighted by atomic mass is 10.4. The number of fused-ring (bicyclic) bond motifs is 1. The van der Waals surface area contributed by atoms with E-state index in [1.54, 1.807) is 5.38 Å². The normalized spacial score (nSPS) is 10.5. The van der Waals surface area contributed by atoms with Crippen LogP contribution in [0.5, 0.6) is 0 Å². The van der Waals surface area contributed by atoms with Gasteiger partial charge in [0.2, 0.25) is 0 Å². The van der Waals surface area contributed by atoms with E-state index in [1.807, 2.05) is 0 Å². The van der Waals surface area contributed by atoms with Crippen LogP contribution in [0.4, 0.5) is 5.69 Å². The van der Waals surface area contributed by atoms with E-state index >= 15 is 0 Å². The van der Waals surface area contributed by atoms with Crippen LogP contribution in [-0.4, -0.2) is 9.97 Å². The molecular weight excluding hydrogens is 162 g/mol. The zero-order chi connectivity index (χ0) is 7.84. The molecule has 0 saturated carbocycles. The maximum atomic E-state index is 11.1. The fourth-order valence-corrected chi connectivity index (χ4v) is 1.70. The Balaban J connectivity index is 3.08. The molecule has 2 rings (SSSR count). The fourth-order valence-electron chi connectivity index (χ4n) is 0.906. The molecule has 0 bridgehead atoms. The van der Waals surface area contributed by atoms with Gasteiger partial charge < -0.3 is 10.7 Å². The Labute approximate surface area is 65.7 Å². The van der Waals surface area contributed by atoms with E-state index in [4.69, 9.17) is 5.73 Å². The standard InChI is InChI=1S/C6H5N3OS/c7-3-1-11-6-4(3)5(10)8-2-9-6/h1-2H,7H2,(H,8,9,10). The Morgan fingerprint density at radius 2 is 2.45 bits per heavy atom. The van der Waals surface area contributed by atoms with Gasteiger partial charge in [-0.15, -0.1) is 11.3 Å². The number of hydrogen-bond donors (Lipinski definition) is 2. The number of nitrogens with zero attached hydrogens (tertiary/aromatic N) is 1. The summed E-state index contributed by atoms with van der Waals surface area (Å²) in [4.78, 5) is 18.2. The maximum absolute atomic E-state index is 11.1. The molecule has 0 aliphatic rings. The van der Waals surface area contributed by atoms with Crippen LogP contribution in [0.2, 0.25) is 0 Å². The molecule has 0 atom stereocenters. The first-order valence-electron chi connectivity index (χ1n) is 2.99. The molecular formula is C6H5N3OS. The molecule has 0 aliphatic carbocycles. The number of aromatic amines is 1. The topological polar surface area (TPSA) is 71.8 Å². The summed E-state index contributed by atoms with van der Waals surface area (Å²) in [7, 11) is 0. The van der Waals surface area contributed by atoms with Crippen molar-refractivity contribution in [2.24, 2.45) is 0 Å². The van der Waals surface area contributed by atoms with Gasteiger partial charge in [-0.1, -0.05) is 0 Å². The molecule has 0 aromatic carbocycles. The van der Waals surface area contributed by atoms with E-state index in [-0.39, 0.29) is 5.56 Å². The van der Waals surface area contributed by atoms with Gasteiger partial charge in [-0.3, -0.25) is 4.79 Å². The largest absolute Gasteiger partial charge is 0.397 e. The summed E-state index contributed by atoms with van der Waals surface area (Å²) >= 11 is 1.37. The van der Waals surface area contributed by atoms with Crippen LogP contribution in [0.1, 0.15) is 0 Å². The highest BCUT2D eigenvalue weighted by molar-refractivity contribution is 7.17. The lowest BCUT2D eigenvalue weighted by Crippen LogP contribution is -2.05. The van der Waals surface area contributed by atoms with Crippen LogP contribution >= 0.6 is 11.3 Å². The third-order valence-electron chi connectivity index (χ3n) is 1.40. The molecule has 0 unspecified atom stereocenters. The average Bonchev–Trinajstić information content (AvgIpc) is 2.34. The Kier molecular flexibility index (Phi) is 1.19. The summed E-state index contributed by atoms with van der Waals surface area (Å²) in [5.41, 5.74) is 5.85. The minimum absolute atomic E-state index is 0.172. The molecule has 5 heteroatoms. The van der Waals surface area contributed by atoms with Crippen molar-refractivity contribution in [1.29, 1.82) is 0 Å². The van der Waals surface area contributed by atoms with E-state index in [1.165, 1.54) is 17.7 Å². The first-order chi connectivity index (χ1) is 5.29. The number of nitrogens with two attached hydrogens (primary N) is 1. The van der Waals surface area contributed by atoms with Gasteiger partial charge in [0, 0.05) is 5.38 Å². The van der Waals surface area contributed by atoms with E-state index < -0.39 is 0 Å². The number of rotatable bonds is 0. The zero-order valence-corrected chi connectivity index (χ0v) is 6.31. The third-order valence-corrected chi connectivity index (χ3v) is 2.31. The van der Waals surface area contributed by atoms with E-state index in [9.17, 15) is 4.79 Å². The zero-order valence-electron chi connectivity index (χ0n) is 5.50. The Bertz CT molecular complexity index is 444. The second kappa shape index (κ2) is 2.06. The van der Waals surface area contributed by atoms with Gasteiger partial charge in [-0.05, 0) is 0 Å². The summed E-state index contributed by atoms with van der Waals surface area (Å²) in [6.07, 6.45) is 1.38. The Morgan fingerprint density at radius 1 is 1.64 bits per heavy atom. The van der Waals surface area contributed by atoms with Gasteiger partial charge >= 0.3 is 0 Å². The van der Waals surface area contributed by atoms with Crippen molar-refractivity contribution in [2.75, 3.05) is 5.73 Å². The number of aromatic nitrogens is 2. The van der Waals surface area contributed by atoms with E-state index in [0.29, 0.717) is 15.9 Å². The second-order valence-electron chi connectivity index (χ2n) is 2.10. The van der Waals surface area contributed by atoms with Crippen molar-refractivity contribution in [3.63, 3.8) is 0 Å². The SMILES string of the molecule is Nc1csc2nc[nH]c(=O)c12. The highest BCUT2D eigenvalue weighted by atomic mass is 32.1. The summed E-state index contributed by atoms with van der Waals surface area (Å²) in [5, 5.41) is 2.21. The number of thiophene rings is 1. The van der Waals surface area contributed by atoms with Crippen molar-refractivity contribution >= 4 is 27.2 Å². The minimum Gasteiger partial charge on any atom is -0.397 e. The van der Waals surface area contributed by atoms with Crippen LogP contribution in [0.15, 0.2) is 16.5 Å². The number of H-pyrrole nitrogens is 1. The first-order valence-corrected chi connectivity index (χ1v) is 3.87. The van der Waals surface area contributed by atoms with Crippen molar-refractivity contribution in [3.8, 4) is 0 Å². The first kappa shape index (κ1) is 6.36.